The molecular formula is C24H27N5O4. The number of nitro benzene ring substituents is 1. The van der Waals surface area contributed by atoms with E-state index in [1.165, 1.54) is 17.0 Å². The second-order valence-electron chi connectivity index (χ2n) is 8.31. The molecule has 33 heavy (non-hydrogen) atoms. The lowest BCUT2D eigenvalue weighted by Gasteiger charge is -2.36. The van der Waals surface area contributed by atoms with Crippen molar-refractivity contribution in [1.29, 1.82) is 0 Å². The van der Waals surface area contributed by atoms with Crippen molar-refractivity contribution in [2.24, 2.45) is 0 Å². The van der Waals surface area contributed by atoms with Crippen LogP contribution < -0.4 is 9.80 Å². The van der Waals surface area contributed by atoms with E-state index in [0.29, 0.717) is 30.0 Å². The van der Waals surface area contributed by atoms with Crippen LogP contribution in [0.5, 0.6) is 0 Å². The van der Waals surface area contributed by atoms with Crippen molar-refractivity contribution in [3.05, 3.63) is 69.9 Å². The van der Waals surface area contributed by atoms with Gasteiger partial charge in [0.25, 0.3) is 17.5 Å². The number of nitrogens with zero attached hydrogens (tertiary/aromatic N) is 5. The first-order valence-corrected chi connectivity index (χ1v) is 10.9. The fourth-order valence-corrected chi connectivity index (χ4v) is 4.25. The number of piperazine rings is 1. The standard InChI is InChI=1S/C24H27N5O4/c1-4-26-12-14-27(15-13-26)22-21(17-8-10-18(11-9-17)29(32)33)23(30)28(24(22)31)20-7-5-6-19(16-20)25(2)3/h5-11,16H,4,12-15H2,1-3H3. The van der Waals surface area contributed by atoms with Gasteiger partial charge in [-0.05, 0) is 42.4 Å². The van der Waals surface area contributed by atoms with Crippen LogP contribution in [0.1, 0.15) is 12.5 Å². The van der Waals surface area contributed by atoms with E-state index in [-0.39, 0.29) is 17.2 Å². The predicted molar refractivity (Wildman–Crippen MR) is 127 cm³/mol. The molecule has 0 radical (unpaired) electrons. The van der Waals surface area contributed by atoms with Crippen LogP contribution in [0.4, 0.5) is 17.1 Å². The molecule has 0 aromatic heterocycles. The number of hydrogen-bond acceptors (Lipinski definition) is 7. The number of imide groups is 1. The molecule has 0 spiro atoms. The third kappa shape index (κ3) is 4.19. The molecule has 2 aliphatic heterocycles. The van der Waals surface area contributed by atoms with Gasteiger partial charge in [0, 0.05) is 58.1 Å². The fourth-order valence-electron chi connectivity index (χ4n) is 4.25. The summed E-state index contributed by atoms with van der Waals surface area (Å²) in [5.74, 6) is -0.785. The lowest BCUT2D eigenvalue weighted by molar-refractivity contribution is -0.384. The van der Waals surface area contributed by atoms with Gasteiger partial charge in [0.2, 0.25) is 0 Å². The smallest absolute Gasteiger partial charge is 0.282 e. The second-order valence-corrected chi connectivity index (χ2v) is 8.31. The van der Waals surface area contributed by atoms with Crippen molar-refractivity contribution in [2.75, 3.05) is 56.6 Å². The van der Waals surface area contributed by atoms with Crippen molar-refractivity contribution in [2.45, 2.75) is 6.92 Å². The van der Waals surface area contributed by atoms with Crippen LogP contribution in [0.15, 0.2) is 54.2 Å². The minimum absolute atomic E-state index is 0.0650. The Morgan fingerprint density at radius 2 is 1.64 bits per heavy atom. The molecule has 172 valence electrons. The Balaban J connectivity index is 1.78. The topological polar surface area (TPSA) is 90.2 Å². The summed E-state index contributed by atoms with van der Waals surface area (Å²) in [6.07, 6.45) is 0. The number of rotatable bonds is 6. The van der Waals surface area contributed by atoms with Gasteiger partial charge in [0.15, 0.2) is 0 Å². The number of nitro groups is 1. The van der Waals surface area contributed by atoms with Gasteiger partial charge in [-0.2, -0.15) is 0 Å². The fraction of sp³-hybridized carbons (Fsp3) is 0.333. The second kappa shape index (κ2) is 9.03. The molecule has 1 fully saturated rings. The van der Waals surface area contributed by atoms with Crippen LogP contribution >= 0.6 is 0 Å². The molecule has 9 nitrogen and oxygen atoms in total. The van der Waals surface area contributed by atoms with Crippen molar-refractivity contribution in [3.63, 3.8) is 0 Å². The SMILES string of the molecule is CCN1CCN(C2=C(c3ccc([N+](=O)[O-])cc3)C(=O)N(c3cccc(N(C)C)c3)C2=O)CC1. The van der Waals surface area contributed by atoms with Gasteiger partial charge < -0.3 is 14.7 Å². The number of non-ortho nitro benzene ring substituents is 1. The zero-order valence-electron chi connectivity index (χ0n) is 19.0. The third-order valence-corrected chi connectivity index (χ3v) is 6.17. The average Bonchev–Trinajstić information content (AvgIpc) is 3.09. The Bertz CT molecular complexity index is 1120. The largest absolute Gasteiger partial charge is 0.378 e. The van der Waals surface area contributed by atoms with E-state index in [4.69, 9.17) is 0 Å². The number of likely N-dealkylation sites (N-methyl/N-ethyl adjacent to an activating group) is 1. The van der Waals surface area contributed by atoms with E-state index < -0.39 is 10.8 Å². The highest BCUT2D eigenvalue weighted by Gasteiger charge is 2.43. The molecule has 0 N–H and O–H groups in total. The Morgan fingerprint density at radius 1 is 0.970 bits per heavy atom. The maximum absolute atomic E-state index is 13.7. The first-order chi connectivity index (χ1) is 15.8. The number of anilines is 2. The zero-order chi connectivity index (χ0) is 23.7. The van der Waals surface area contributed by atoms with Crippen molar-refractivity contribution in [3.8, 4) is 0 Å². The molecule has 2 amide bonds. The molecular weight excluding hydrogens is 422 g/mol. The van der Waals surface area contributed by atoms with Gasteiger partial charge in [-0.1, -0.05) is 13.0 Å². The highest BCUT2D eigenvalue weighted by molar-refractivity contribution is 6.45. The number of benzene rings is 2. The lowest BCUT2D eigenvalue weighted by atomic mass is 10.0. The van der Waals surface area contributed by atoms with Gasteiger partial charge in [-0.25, -0.2) is 4.90 Å². The van der Waals surface area contributed by atoms with Gasteiger partial charge in [-0.3, -0.25) is 19.7 Å². The minimum atomic E-state index is -0.482. The van der Waals surface area contributed by atoms with Crippen LogP contribution in [0.2, 0.25) is 0 Å². The Labute approximate surface area is 192 Å². The third-order valence-electron chi connectivity index (χ3n) is 6.17. The molecule has 2 heterocycles. The van der Waals surface area contributed by atoms with Crippen LogP contribution in [0.3, 0.4) is 0 Å². The van der Waals surface area contributed by atoms with E-state index in [1.807, 2.05) is 36.0 Å². The van der Waals surface area contributed by atoms with Crippen molar-refractivity contribution in [1.82, 2.24) is 9.80 Å². The summed E-state index contributed by atoms with van der Waals surface area (Å²) in [7, 11) is 3.79. The quantitative estimate of drug-likeness (QED) is 0.380. The van der Waals surface area contributed by atoms with Crippen LogP contribution in [0, 0.1) is 10.1 Å². The number of amides is 2. The summed E-state index contributed by atoms with van der Waals surface area (Å²) in [4.78, 5) is 45.3. The highest BCUT2D eigenvalue weighted by Crippen LogP contribution is 2.36. The molecule has 9 heteroatoms. The summed E-state index contributed by atoms with van der Waals surface area (Å²) < 4.78 is 0. The highest BCUT2D eigenvalue weighted by atomic mass is 16.6. The number of carbonyl (C=O) groups excluding carboxylic acids is 2. The maximum Gasteiger partial charge on any atom is 0.282 e. The van der Waals surface area contributed by atoms with E-state index >= 15 is 0 Å². The first-order valence-electron chi connectivity index (χ1n) is 10.9. The minimum Gasteiger partial charge on any atom is -0.378 e. The van der Waals surface area contributed by atoms with E-state index in [1.54, 1.807) is 24.3 Å². The molecule has 2 aromatic rings. The molecule has 2 aliphatic rings. The number of hydrogen-bond donors (Lipinski definition) is 0. The zero-order valence-corrected chi connectivity index (χ0v) is 19.0. The van der Waals surface area contributed by atoms with Crippen LogP contribution in [-0.2, 0) is 9.59 Å². The summed E-state index contributed by atoms with van der Waals surface area (Å²) in [6.45, 7) is 5.88. The molecule has 2 aromatic carbocycles. The molecule has 0 aliphatic carbocycles. The molecule has 1 saturated heterocycles. The normalized spacial score (nSPS) is 17.2. The Hall–Kier alpha value is -3.72. The van der Waals surface area contributed by atoms with E-state index in [2.05, 4.69) is 11.8 Å². The van der Waals surface area contributed by atoms with E-state index in [9.17, 15) is 19.7 Å². The molecule has 4 rings (SSSR count). The Morgan fingerprint density at radius 3 is 2.21 bits per heavy atom. The lowest BCUT2D eigenvalue weighted by Crippen LogP contribution is -2.47. The summed E-state index contributed by atoms with van der Waals surface area (Å²) in [5.41, 5.74) is 2.45. The van der Waals surface area contributed by atoms with Gasteiger partial charge >= 0.3 is 0 Å². The summed E-state index contributed by atoms with van der Waals surface area (Å²) in [5, 5.41) is 11.1. The summed E-state index contributed by atoms with van der Waals surface area (Å²) in [6, 6.07) is 13.1. The summed E-state index contributed by atoms with van der Waals surface area (Å²) >= 11 is 0. The molecule has 0 atom stereocenters. The van der Waals surface area contributed by atoms with Gasteiger partial charge in [0.05, 0.1) is 16.2 Å². The Kier molecular flexibility index (Phi) is 6.15. The van der Waals surface area contributed by atoms with Gasteiger partial charge in [-0.15, -0.1) is 0 Å². The van der Waals surface area contributed by atoms with Crippen LogP contribution in [-0.4, -0.2) is 73.4 Å². The van der Waals surface area contributed by atoms with Crippen molar-refractivity contribution >= 4 is 34.4 Å². The maximum atomic E-state index is 13.7. The van der Waals surface area contributed by atoms with Gasteiger partial charge in [0.1, 0.15) is 5.70 Å². The first kappa shape index (κ1) is 22.5. The van der Waals surface area contributed by atoms with E-state index in [0.717, 1.165) is 25.3 Å². The van der Waals surface area contributed by atoms with Crippen LogP contribution in [0.25, 0.3) is 5.57 Å². The van der Waals surface area contributed by atoms with Crippen molar-refractivity contribution < 1.29 is 14.5 Å². The monoisotopic (exact) mass is 449 g/mol. The molecule has 0 bridgehead atoms. The molecule has 0 saturated carbocycles. The average molecular weight is 450 g/mol. The number of carbonyl (C=O) groups is 2. The molecule has 0 unspecified atom stereocenters. The predicted octanol–water partition coefficient (Wildman–Crippen LogP) is 2.58.